The Balaban J connectivity index is 1.64. The van der Waals surface area contributed by atoms with Crippen LogP contribution in [0.15, 0.2) is 70.8 Å². The molecule has 0 bridgehead atoms. The fraction of sp³-hybridized carbons (Fsp3) is 0.382. The first-order valence-electron chi connectivity index (χ1n) is 15.1. The summed E-state index contributed by atoms with van der Waals surface area (Å²) in [5, 5.41) is 0.998. The van der Waals surface area contributed by atoms with E-state index in [9.17, 15) is 12.8 Å². The summed E-state index contributed by atoms with van der Waals surface area (Å²) in [5.41, 5.74) is 1.88. The molecule has 0 aliphatic heterocycles. The Bertz CT molecular complexity index is 1810. The van der Waals surface area contributed by atoms with E-state index >= 15 is 4.39 Å². The summed E-state index contributed by atoms with van der Waals surface area (Å²) in [4.78, 5) is 4.48. The molecule has 0 spiro atoms. The third-order valence-corrected chi connectivity index (χ3v) is 12.1. The van der Waals surface area contributed by atoms with Crippen LogP contribution in [0.1, 0.15) is 44.0 Å². The second-order valence-electron chi connectivity index (χ2n) is 12.5. The van der Waals surface area contributed by atoms with Crippen molar-refractivity contribution in [3.63, 3.8) is 0 Å². The van der Waals surface area contributed by atoms with Gasteiger partial charge >= 0.3 is 0 Å². The van der Waals surface area contributed by atoms with Crippen LogP contribution in [0.3, 0.4) is 0 Å². The highest BCUT2D eigenvalue weighted by atomic mass is 35.5. The first-order valence-corrected chi connectivity index (χ1v) is 18.3. The fourth-order valence-electron chi connectivity index (χ4n) is 5.10. The highest BCUT2D eigenvalue weighted by Gasteiger charge is 2.31. The van der Waals surface area contributed by atoms with E-state index in [1.54, 1.807) is 31.5 Å². The molecule has 0 saturated heterocycles. The number of rotatable bonds is 14. The van der Waals surface area contributed by atoms with Gasteiger partial charge in [0.15, 0.2) is 5.16 Å². The minimum Gasteiger partial charge on any atom is -0.495 e. The van der Waals surface area contributed by atoms with Crippen molar-refractivity contribution in [3.8, 4) is 11.4 Å². The Hall–Kier alpha value is -2.67. The van der Waals surface area contributed by atoms with E-state index in [0.29, 0.717) is 34.6 Å². The lowest BCUT2D eigenvalue weighted by atomic mass is 9.81. The highest BCUT2D eigenvalue weighted by Crippen LogP contribution is 2.40. The van der Waals surface area contributed by atoms with Crippen LogP contribution in [0.2, 0.25) is 10.0 Å². The molecule has 3 aromatic carbocycles. The maximum absolute atomic E-state index is 15.6. The molecule has 1 aromatic heterocycles. The molecule has 7 nitrogen and oxygen atoms in total. The normalized spacial score (nSPS) is 12.6. The van der Waals surface area contributed by atoms with Gasteiger partial charge in [0.25, 0.3) is 0 Å². The Kier molecular flexibility index (Phi) is 11.7. The number of benzene rings is 3. The Labute approximate surface area is 291 Å². The minimum atomic E-state index is -3.95. The second-order valence-corrected chi connectivity index (χ2v) is 16.3. The first-order chi connectivity index (χ1) is 22.0. The van der Waals surface area contributed by atoms with Crippen molar-refractivity contribution < 1.29 is 26.4 Å². The van der Waals surface area contributed by atoms with E-state index in [1.807, 2.05) is 30.5 Å². The van der Waals surface area contributed by atoms with Gasteiger partial charge in [-0.25, -0.2) is 26.5 Å². The Morgan fingerprint density at radius 2 is 1.72 bits per heavy atom. The summed E-state index contributed by atoms with van der Waals surface area (Å²) >= 11 is 14.1. The number of quaternary nitrogens is 1. The molecule has 0 atom stereocenters. The minimum absolute atomic E-state index is 0.00181. The van der Waals surface area contributed by atoms with Gasteiger partial charge in [-0.1, -0.05) is 54.9 Å². The van der Waals surface area contributed by atoms with Gasteiger partial charge in [-0.2, -0.15) is 0 Å². The summed E-state index contributed by atoms with van der Waals surface area (Å²) in [6.07, 6.45) is 2.39. The Morgan fingerprint density at radius 3 is 2.34 bits per heavy atom. The third-order valence-electron chi connectivity index (χ3n) is 8.59. The summed E-state index contributed by atoms with van der Waals surface area (Å²) < 4.78 is 65.4. The molecule has 0 saturated carbocycles. The lowest BCUT2D eigenvalue weighted by molar-refractivity contribution is -0.888. The van der Waals surface area contributed by atoms with Crippen LogP contribution in [0.4, 0.5) is 8.78 Å². The molecule has 1 heterocycles. The lowest BCUT2D eigenvalue weighted by Crippen LogP contribution is -2.41. The number of methoxy groups -OCH3 is 1. The average molecular weight is 727 g/mol. The lowest BCUT2D eigenvalue weighted by Gasteiger charge is -2.29. The topological polar surface area (TPSA) is 64.4 Å². The number of hydrogen-bond donors (Lipinski definition) is 0. The quantitative estimate of drug-likeness (QED) is 0.0969. The molecule has 13 heteroatoms. The van der Waals surface area contributed by atoms with Crippen LogP contribution in [0, 0.1) is 11.6 Å². The predicted octanol–water partition coefficient (Wildman–Crippen LogP) is 8.19. The predicted molar refractivity (Wildman–Crippen MR) is 187 cm³/mol. The van der Waals surface area contributed by atoms with Gasteiger partial charge < -0.3 is 9.22 Å². The molecular formula is C34H41Cl2F2N4O3S2+. The summed E-state index contributed by atoms with van der Waals surface area (Å²) in [5.74, 6) is -0.516. The number of imidazole rings is 1. The molecule has 0 aliphatic carbocycles. The average Bonchev–Trinajstić information content (AvgIpc) is 3.45. The maximum atomic E-state index is 15.6. The summed E-state index contributed by atoms with van der Waals surface area (Å²) in [6.45, 7) is 8.17. The van der Waals surface area contributed by atoms with E-state index in [0.717, 1.165) is 34.9 Å². The number of nitrogens with zero attached hydrogens (tertiary/aromatic N) is 4. The van der Waals surface area contributed by atoms with Crippen molar-refractivity contribution in [1.82, 2.24) is 13.9 Å². The molecule has 0 radical (unpaired) electrons. The molecule has 254 valence electrons. The monoisotopic (exact) mass is 725 g/mol. The molecule has 0 unspecified atom stereocenters. The first kappa shape index (κ1) is 37.2. The molecule has 4 rings (SSSR count). The van der Waals surface area contributed by atoms with Gasteiger partial charge in [-0.05, 0) is 61.0 Å². The van der Waals surface area contributed by atoms with Crippen LogP contribution < -0.4 is 4.74 Å². The summed E-state index contributed by atoms with van der Waals surface area (Å²) in [7, 11) is 3.26. The molecule has 0 aliphatic rings. The van der Waals surface area contributed by atoms with Gasteiger partial charge in [0, 0.05) is 47.5 Å². The fourth-order valence-corrected chi connectivity index (χ4v) is 7.99. The van der Waals surface area contributed by atoms with Crippen molar-refractivity contribution in [2.75, 3.05) is 47.9 Å². The number of hydrogen-bond acceptors (Lipinski definition) is 5. The summed E-state index contributed by atoms with van der Waals surface area (Å²) in [6, 6.07) is 13.9. The van der Waals surface area contributed by atoms with Crippen LogP contribution in [0.5, 0.6) is 5.75 Å². The zero-order valence-corrected chi connectivity index (χ0v) is 30.8. The molecular weight excluding hydrogens is 685 g/mol. The van der Waals surface area contributed by atoms with E-state index in [2.05, 4.69) is 26.0 Å². The standard InChI is InChI=1S/C34H41Cl2F2N4O3S2/c1-8-42(5,6)17-9-16-40(4)47(43,44)26-19-29(36)27(30(38)20-26)22-46-33-39-21-32(41(33)25-13-11-24(37)12-14-25)34(2,3)23-10-15-28(35)31(18-23)45-7/h10-15,18-21H,8-9,16-17,22H2,1-7H3/q+1. The van der Waals surface area contributed by atoms with Gasteiger partial charge in [0.05, 0.1) is 56.1 Å². The Morgan fingerprint density at radius 1 is 1.04 bits per heavy atom. The van der Waals surface area contributed by atoms with Crippen molar-refractivity contribution >= 4 is 45.0 Å². The SMILES string of the molecule is CC[N+](C)(C)CCCN(C)S(=O)(=O)c1cc(F)c(CSc2ncc(C(C)(C)c3ccc(Cl)c(OC)c3)n2-c2ccc(F)cc2)c(Cl)c1. The zero-order valence-electron chi connectivity index (χ0n) is 27.7. The van der Waals surface area contributed by atoms with Crippen molar-refractivity contribution in [2.45, 2.75) is 48.4 Å². The van der Waals surface area contributed by atoms with E-state index in [-0.39, 0.29) is 27.1 Å². The van der Waals surface area contributed by atoms with Gasteiger partial charge in [-0.15, -0.1) is 0 Å². The van der Waals surface area contributed by atoms with E-state index in [4.69, 9.17) is 27.9 Å². The van der Waals surface area contributed by atoms with Crippen LogP contribution in [0.25, 0.3) is 5.69 Å². The van der Waals surface area contributed by atoms with E-state index < -0.39 is 21.3 Å². The molecule has 0 amide bonds. The van der Waals surface area contributed by atoms with Crippen LogP contribution >= 0.6 is 35.0 Å². The van der Waals surface area contributed by atoms with Crippen LogP contribution in [-0.2, 0) is 21.2 Å². The largest absolute Gasteiger partial charge is 0.495 e. The maximum Gasteiger partial charge on any atom is 0.242 e. The van der Waals surface area contributed by atoms with Gasteiger partial charge in [0.2, 0.25) is 10.0 Å². The third kappa shape index (κ3) is 8.32. The molecule has 47 heavy (non-hydrogen) atoms. The molecule has 0 N–H and O–H groups in total. The molecule has 4 aromatic rings. The second kappa shape index (κ2) is 14.8. The highest BCUT2D eigenvalue weighted by molar-refractivity contribution is 7.98. The molecule has 0 fully saturated rings. The van der Waals surface area contributed by atoms with Crippen molar-refractivity contribution in [2.24, 2.45) is 0 Å². The number of halogens is 4. The van der Waals surface area contributed by atoms with Gasteiger partial charge in [0.1, 0.15) is 17.4 Å². The number of thioether (sulfide) groups is 1. The van der Waals surface area contributed by atoms with Crippen molar-refractivity contribution in [3.05, 3.63) is 99.3 Å². The number of sulfonamides is 1. The smallest absolute Gasteiger partial charge is 0.242 e. The zero-order chi connectivity index (χ0) is 34.7. The van der Waals surface area contributed by atoms with E-state index in [1.165, 1.54) is 41.3 Å². The van der Waals surface area contributed by atoms with Gasteiger partial charge in [-0.3, -0.25) is 4.57 Å². The van der Waals surface area contributed by atoms with Crippen LogP contribution in [-0.4, -0.2) is 74.6 Å². The number of ether oxygens (including phenoxy) is 1. The van der Waals surface area contributed by atoms with Crippen molar-refractivity contribution in [1.29, 1.82) is 0 Å². The number of aromatic nitrogens is 2.